The monoisotopic (exact) mass is 268 g/mol. The van der Waals surface area contributed by atoms with E-state index in [1.165, 1.54) is 30.3 Å². The van der Waals surface area contributed by atoms with E-state index in [4.69, 9.17) is 9.84 Å². The summed E-state index contributed by atoms with van der Waals surface area (Å²) in [4.78, 5) is 0. The van der Waals surface area contributed by atoms with Gasteiger partial charge in [0, 0.05) is 0 Å². The Bertz CT molecular complexity index is 565. The van der Waals surface area contributed by atoms with Crippen molar-refractivity contribution in [1.82, 2.24) is 0 Å². The van der Waals surface area contributed by atoms with Crippen LogP contribution in [-0.4, -0.2) is 5.11 Å². The molecule has 2 aromatic carbocycles. The minimum absolute atomic E-state index is 0.196. The van der Waals surface area contributed by atoms with Crippen LogP contribution < -0.4 is 4.74 Å². The number of halogens is 3. The summed E-state index contributed by atoms with van der Waals surface area (Å²) < 4.78 is 43.6. The van der Waals surface area contributed by atoms with Crippen molar-refractivity contribution in [1.29, 1.82) is 0 Å². The van der Waals surface area contributed by atoms with Gasteiger partial charge in [-0.2, -0.15) is 13.2 Å². The highest BCUT2D eigenvalue weighted by Gasteiger charge is 2.34. The Hall–Kier alpha value is -2.01. The molecule has 5 heteroatoms. The fraction of sp³-hybridized carbons (Fsp3) is 0.143. The highest BCUT2D eigenvalue weighted by molar-refractivity contribution is 5.40. The van der Waals surface area contributed by atoms with Crippen LogP contribution in [0.15, 0.2) is 48.5 Å². The van der Waals surface area contributed by atoms with Crippen molar-refractivity contribution in [2.45, 2.75) is 12.8 Å². The standard InChI is InChI=1S/C14H11F3O2/c15-14(16,17)12-6-1-2-7-13(12)19-11-5-3-4-10(8-11)9-18/h1-8,18H,9H2. The molecular formula is C14H11F3O2. The Morgan fingerprint density at radius 3 is 2.42 bits per heavy atom. The summed E-state index contributed by atoms with van der Waals surface area (Å²) in [5, 5.41) is 8.98. The molecule has 0 atom stereocenters. The lowest BCUT2D eigenvalue weighted by molar-refractivity contribution is -0.138. The Morgan fingerprint density at radius 1 is 1.00 bits per heavy atom. The molecule has 0 aliphatic heterocycles. The van der Waals surface area contributed by atoms with Gasteiger partial charge in [-0.05, 0) is 29.8 Å². The summed E-state index contributed by atoms with van der Waals surface area (Å²) >= 11 is 0. The molecule has 19 heavy (non-hydrogen) atoms. The van der Waals surface area contributed by atoms with E-state index in [1.807, 2.05) is 0 Å². The topological polar surface area (TPSA) is 29.5 Å². The zero-order valence-electron chi connectivity index (χ0n) is 9.82. The Kier molecular flexibility index (Phi) is 3.76. The Balaban J connectivity index is 2.33. The van der Waals surface area contributed by atoms with Crippen LogP contribution in [0.25, 0.3) is 0 Å². The van der Waals surface area contributed by atoms with Crippen LogP contribution in [-0.2, 0) is 12.8 Å². The molecule has 2 nitrogen and oxygen atoms in total. The quantitative estimate of drug-likeness (QED) is 0.912. The molecule has 2 aromatic rings. The Morgan fingerprint density at radius 2 is 1.74 bits per heavy atom. The number of rotatable bonds is 3. The third kappa shape index (κ3) is 3.26. The molecule has 1 N–H and O–H groups in total. The number of alkyl halides is 3. The molecular weight excluding hydrogens is 257 g/mol. The zero-order chi connectivity index (χ0) is 13.9. The van der Waals surface area contributed by atoms with E-state index >= 15 is 0 Å². The number of para-hydroxylation sites is 1. The molecule has 0 aliphatic carbocycles. The van der Waals surface area contributed by atoms with E-state index in [0.29, 0.717) is 5.56 Å². The summed E-state index contributed by atoms with van der Waals surface area (Å²) in [6.07, 6.45) is -4.47. The number of aliphatic hydroxyl groups excluding tert-OH is 1. The van der Waals surface area contributed by atoms with Crippen molar-refractivity contribution in [3.05, 3.63) is 59.7 Å². The second-order valence-corrected chi connectivity index (χ2v) is 3.90. The number of hydrogen-bond acceptors (Lipinski definition) is 2. The molecule has 0 spiro atoms. The van der Waals surface area contributed by atoms with Crippen LogP contribution in [0.1, 0.15) is 11.1 Å². The highest BCUT2D eigenvalue weighted by atomic mass is 19.4. The van der Waals surface area contributed by atoms with Crippen LogP contribution in [0, 0.1) is 0 Å². The lowest BCUT2D eigenvalue weighted by Crippen LogP contribution is -2.06. The highest BCUT2D eigenvalue weighted by Crippen LogP contribution is 2.37. The summed E-state index contributed by atoms with van der Waals surface area (Å²) in [7, 11) is 0. The van der Waals surface area contributed by atoms with Crippen LogP contribution in [0.2, 0.25) is 0 Å². The lowest BCUT2D eigenvalue weighted by Gasteiger charge is -2.13. The normalized spacial score (nSPS) is 11.4. The van der Waals surface area contributed by atoms with Crippen LogP contribution in [0.5, 0.6) is 11.5 Å². The number of hydrogen-bond donors (Lipinski definition) is 1. The third-order valence-corrected chi connectivity index (χ3v) is 2.50. The van der Waals surface area contributed by atoms with Gasteiger partial charge < -0.3 is 9.84 Å². The van der Waals surface area contributed by atoms with Crippen LogP contribution >= 0.6 is 0 Å². The van der Waals surface area contributed by atoms with E-state index in [0.717, 1.165) is 6.07 Å². The fourth-order valence-electron chi connectivity index (χ4n) is 1.62. The van der Waals surface area contributed by atoms with Gasteiger partial charge in [0.25, 0.3) is 0 Å². The molecule has 0 fully saturated rings. The minimum atomic E-state index is -4.47. The molecule has 0 amide bonds. The summed E-state index contributed by atoms with van der Waals surface area (Å²) in [6.45, 7) is -0.196. The van der Waals surface area contributed by atoms with E-state index in [2.05, 4.69) is 0 Å². The van der Waals surface area contributed by atoms with Crippen molar-refractivity contribution in [3.8, 4) is 11.5 Å². The van der Waals surface area contributed by atoms with Gasteiger partial charge in [0.05, 0.1) is 12.2 Å². The van der Waals surface area contributed by atoms with E-state index in [-0.39, 0.29) is 18.1 Å². The second-order valence-electron chi connectivity index (χ2n) is 3.90. The zero-order valence-corrected chi connectivity index (χ0v) is 9.82. The average molecular weight is 268 g/mol. The molecule has 0 saturated carbocycles. The molecule has 0 unspecified atom stereocenters. The second kappa shape index (κ2) is 5.32. The van der Waals surface area contributed by atoms with Crippen molar-refractivity contribution < 1.29 is 23.0 Å². The van der Waals surface area contributed by atoms with Gasteiger partial charge in [0.15, 0.2) is 0 Å². The van der Waals surface area contributed by atoms with Gasteiger partial charge in [-0.25, -0.2) is 0 Å². The number of aliphatic hydroxyl groups is 1. The van der Waals surface area contributed by atoms with Crippen molar-refractivity contribution in [2.75, 3.05) is 0 Å². The van der Waals surface area contributed by atoms with E-state index in [1.54, 1.807) is 12.1 Å². The molecule has 0 saturated heterocycles. The molecule has 0 bridgehead atoms. The molecule has 2 rings (SSSR count). The van der Waals surface area contributed by atoms with Crippen LogP contribution in [0.3, 0.4) is 0 Å². The van der Waals surface area contributed by atoms with Gasteiger partial charge in [-0.1, -0.05) is 24.3 Å². The first kappa shape index (κ1) is 13.4. The summed E-state index contributed by atoms with van der Waals surface area (Å²) in [6, 6.07) is 11.3. The van der Waals surface area contributed by atoms with Crippen molar-refractivity contribution >= 4 is 0 Å². The predicted molar refractivity (Wildman–Crippen MR) is 63.9 cm³/mol. The fourth-order valence-corrected chi connectivity index (χ4v) is 1.62. The lowest BCUT2D eigenvalue weighted by atomic mass is 10.2. The molecule has 100 valence electrons. The smallest absolute Gasteiger partial charge is 0.419 e. The molecule has 0 heterocycles. The largest absolute Gasteiger partial charge is 0.457 e. The molecule has 0 aromatic heterocycles. The first-order valence-corrected chi connectivity index (χ1v) is 5.54. The van der Waals surface area contributed by atoms with Gasteiger partial charge in [-0.15, -0.1) is 0 Å². The van der Waals surface area contributed by atoms with Gasteiger partial charge in [-0.3, -0.25) is 0 Å². The van der Waals surface area contributed by atoms with Gasteiger partial charge >= 0.3 is 6.18 Å². The first-order valence-electron chi connectivity index (χ1n) is 5.54. The Labute approximate surface area is 108 Å². The van der Waals surface area contributed by atoms with Gasteiger partial charge in [0.1, 0.15) is 11.5 Å². The number of ether oxygens (including phenoxy) is 1. The van der Waals surface area contributed by atoms with Crippen molar-refractivity contribution in [3.63, 3.8) is 0 Å². The van der Waals surface area contributed by atoms with Crippen LogP contribution in [0.4, 0.5) is 13.2 Å². The first-order chi connectivity index (χ1) is 9.00. The predicted octanol–water partition coefficient (Wildman–Crippen LogP) is 3.99. The van der Waals surface area contributed by atoms with E-state index in [9.17, 15) is 13.2 Å². The maximum absolute atomic E-state index is 12.8. The number of benzene rings is 2. The van der Waals surface area contributed by atoms with Gasteiger partial charge in [0.2, 0.25) is 0 Å². The van der Waals surface area contributed by atoms with Crippen molar-refractivity contribution in [2.24, 2.45) is 0 Å². The maximum Gasteiger partial charge on any atom is 0.419 e. The average Bonchev–Trinajstić information content (AvgIpc) is 2.38. The summed E-state index contributed by atoms with van der Waals surface area (Å²) in [5.41, 5.74) is -0.258. The molecule has 0 aliphatic rings. The SMILES string of the molecule is OCc1cccc(Oc2ccccc2C(F)(F)F)c1. The molecule has 0 radical (unpaired) electrons. The van der Waals surface area contributed by atoms with E-state index < -0.39 is 11.7 Å². The summed E-state index contributed by atoms with van der Waals surface area (Å²) in [5.74, 6) is -0.00617. The maximum atomic E-state index is 12.8. The minimum Gasteiger partial charge on any atom is -0.457 e. The third-order valence-electron chi connectivity index (χ3n) is 2.50.